The van der Waals surface area contributed by atoms with Crippen molar-refractivity contribution in [2.75, 3.05) is 6.54 Å². The minimum Gasteiger partial charge on any atom is -0.349 e. The molecule has 5 nitrogen and oxygen atoms in total. The van der Waals surface area contributed by atoms with Gasteiger partial charge in [0, 0.05) is 28.6 Å². The lowest BCUT2D eigenvalue weighted by atomic mass is 9.68. The number of imidazole rings is 1. The Hall–Kier alpha value is -2.37. The van der Waals surface area contributed by atoms with Crippen LogP contribution in [0.2, 0.25) is 5.02 Å². The molecule has 0 atom stereocenters. The van der Waals surface area contributed by atoms with Gasteiger partial charge in [-0.15, -0.1) is 0 Å². The number of halogens is 1. The molecule has 140 valence electrons. The van der Waals surface area contributed by atoms with Gasteiger partial charge >= 0.3 is 0 Å². The van der Waals surface area contributed by atoms with Crippen LogP contribution in [0.5, 0.6) is 0 Å². The smallest absolute Gasteiger partial charge is 0.251 e. The molecule has 0 aliphatic heterocycles. The lowest BCUT2D eigenvalue weighted by molar-refractivity contribution is 0.0918. The number of nitrogens with two attached hydrogens (primary N) is 1. The van der Waals surface area contributed by atoms with Gasteiger partial charge in [0.25, 0.3) is 5.91 Å². The fourth-order valence-electron chi connectivity index (χ4n) is 4.09. The summed E-state index contributed by atoms with van der Waals surface area (Å²) in [7, 11) is 0. The predicted octanol–water partition coefficient (Wildman–Crippen LogP) is 3.79. The van der Waals surface area contributed by atoms with Crippen LogP contribution in [-0.4, -0.2) is 28.5 Å². The molecular formula is C21H23ClN4O. The van der Waals surface area contributed by atoms with Crippen molar-refractivity contribution in [1.29, 1.82) is 0 Å². The predicted molar refractivity (Wildman–Crippen MR) is 108 cm³/mol. The number of aromatic amines is 1. The van der Waals surface area contributed by atoms with Crippen molar-refractivity contribution in [3.05, 3.63) is 64.9 Å². The van der Waals surface area contributed by atoms with Crippen LogP contribution < -0.4 is 11.1 Å². The number of nitrogens with one attached hydrogen (secondary N) is 2. The number of hydrogen-bond donors (Lipinski definition) is 3. The summed E-state index contributed by atoms with van der Waals surface area (Å²) in [6.07, 6.45) is 5.32. The second-order valence-electron chi connectivity index (χ2n) is 7.38. The van der Waals surface area contributed by atoms with Gasteiger partial charge < -0.3 is 16.0 Å². The molecule has 1 saturated carbocycles. The number of H-pyrrole nitrogens is 1. The van der Waals surface area contributed by atoms with Crippen molar-refractivity contribution in [3.63, 3.8) is 0 Å². The Morgan fingerprint density at radius 1 is 1.26 bits per heavy atom. The van der Waals surface area contributed by atoms with Gasteiger partial charge in [-0.1, -0.05) is 23.7 Å². The van der Waals surface area contributed by atoms with Crippen LogP contribution in [0.1, 0.15) is 41.6 Å². The molecular weight excluding hydrogens is 360 g/mol. The van der Waals surface area contributed by atoms with Gasteiger partial charge in [0.05, 0.1) is 17.4 Å². The number of fused-ring (bicyclic) bond motifs is 1. The van der Waals surface area contributed by atoms with Gasteiger partial charge in [-0.05, 0) is 61.6 Å². The van der Waals surface area contributed by atoms with Crippen LogP contribution in [0.25, 0.3) is 11.0 Å². The maximum absolute atomic E-state index is 12.6. The number of nitrogens with zero attached hydrogens (tertiary/aromatic N) is 1. The second-order valence-corrected chi connectivity index (χ2v) is 7.81. The van der Waals surface area contributed by atoms with Crippen molar-refractivity contribution in [2.45, 2.75) is 37.1 Å². The summed E-state index contributed by atoms with van der Waals surface area (Å²) >= 11 is 6.18. The van der Waals surface area contributed by atoms with E-state index < -0.39 is 0 Å². The van der Waals surface area contributed by atoms with Crippen LogP contribution in [-0.2, 0) is 5.41 Å². The first kappa shape index (κ1) is 18.0. The lowest BCUT2D eigenvalue weighted by Crippen LogP contribution is -2.45. The molecule has 1 aromatic heterocycles. The lowest BCUT2D eigenvalue weighted by Gasteiger charge is -2.40. The summed E-state index contributed by atoms with van der Waals surface area (Å²) < 4.78 is 0. The molecule has 1 aliphatic rings. The molecule has 0 saturated heterocycles. The third kappa shape index (κ3) is 3.57. The fourth-order valence-corrected chi connectivity index (χ4v) is 4.28. The number of carbonyl (C=O) groups is 1. The highest BCUT2D eigenvalue weighted by Crippen LogP contribution is 2.39. The van der Waals surface area contributed by atoms with Gasteiger partial charge in [-0.3, -0.25) is 4.79 Å². The van der Waals surface area contributed by atoms with Crippen LogP contribution in [0.3, 0.4) is 0 Å². The van der Waals surface area contributed by atoms with E-state index in [1.165, 1.54) is 5.56 Å². The van der Waals surface area contributed by atoms with E-state index in [0.717, 1.165) is 41.7 Å². The normalized spacial score (nSPS) is 22.7. The van der Waals surface area contributed by atoms with E-state index in [0.29, 0.717) is 12.1 Å². The average molecular weight is 383 g/mol. The summed E-state index contributed by atoms with van der Waals surface area (Å²) in [6, 6.07) is 13.7. The summed E-state index contributed by atoms with van der Waals surface area (Å²) in [4.78, 5) is 19.9. The largest absolute Gasteiger partial charge is 0.349 e. The minimum atomic E-state index is -0.0555. The van der Waals surface area contributed by atoms with Crippen LogP contribution in [0.15, 0.2) is 48.8 Å². The van der Waals surface area contributed by atoms with Crippen molar-refractivity contribution < 1.29 is 4.79 Å². The molecule has 0 radical (unpaired) electrons. The SMILES string of the molecule is NC[C@]1(c2cccc(Cl)c2)CC[C@H](NC(=O)c2ccc3[nH]cnc3c2)CC1. The van der Waals surface area contributed by atoms with Gasteiger partial charge in [0.15, 0.2) is 0 Å². The number of amides is 1. The Morgan fingerprint density at radius 2 is 2.07 bits per heavy atom. The Bertz CT molecular complexity index is 959. The number of rotatable bonds is 4. The van der Waals surface area contributed by atoms with Gasteiger partial charge in [0.1, 0.15) is 0 Å². The molecule has 1 amide bonds. The summed E-state index contributed by atoms with van der Waals surface area (Å²) in [5, 5.41) is 3.91. The first-order valence-electron chi connectivity index (χ1n) is 9.30. The molecule has 3 aromatic rings. The molecule has 1 aliphatic carbocycles. The molecule has 0 bridgehead atoms. The number of hydrogen-bond acceptors (Lipinski definition) is 3. The molecule has 27 heavy (non-hydrogen) atoms. The summed E-state index contributed by atoms with van der Waals surface area (Å²) in [5.41, 5.74) is 9.67. The minimum absolute atomic E-state index is 0.0482. The van der Waals surface area contributed by atoms with E-state index in [-0.39, 0.29) is 17.4 Å². The van der Waals surface area contributed by atoms with Gasteiger partial charge in [0.2, 0.25) is 0 Å². The average Bonchev–Trinajstić information content (AvgIpc) is 3.16. The van der Waals surface area contributed by atoms with Crippen molar-refractivity contribution in [3.8, 4) is 0 Å². The highest BCUT2D eigenvalue weighted by molar-refractivity contribution is 6.30. The van der Waals surface area contributed by atoms with E-state index in [2.05, 4.69) is 21.4 Å². The molecule has 4 rings (SSSR count). The molecule has 4 N–H and O–H groups in total. The van der Waals surface area contributed by atoms with E-state index >= 15 is 0 Å². The first-order chi connectivity index (χ1) is 13.1. The molecule has 0 spiro atoms. The van der Waals surface area contributed by atoms with Crippen LogP contribution in [0.4, 0.5) is 0 Å². The number of carbonyl (C=O) groups excluding carboxylic acids is 1. The van der Waals surface area contributed by atoms with E-state index in [1.807, 2.05) is 36.4 Å². The Morgan fingerprint density at radius 3 is 2.81 bits per heavy atom. The molecule has 0 unspecified atom stereocenters. The van der Waals surface area contributed by atoms with E-state index in [9.17, 15) is 4.79 Å². The second kappa shape index (κ2) is 7.33. The van der Waals surface area contributed by atoms with E-state index in [1.54, 1.807) is 6.33 Å². The highest BCUT2D eigenvalue weighted by Gasteiger charge is 2.36. The van der Waals surface area contributed by atoms with Crippen molar-refractivity contribution in [1.82, 2.24) is 15.3 Å². The zero-order valence-corrected chi connectivity index (χ0v) is 15.8. The van der Waals surface area contributed by atoms with Gasteiger partial charge in [-0.25, -0.2) is 4.98 Å². The zero-order valence-electron chi connectivity index (χ0n) is 15.0. The van der Waals surface area contributed by atoms with Crippen LogP contribution in [0, 0.1) is 0 Å². The molecule has 2 aromatic carbocycles. The Balaban J connectivity index is 1.43. The fraction of sp³-hybridized carbons (Fsp3) is 0.333. The van der Waals surface area contributed by atoms with Gasteiger partial charge in [-0.2, -0.15) is 0 Å². The maximum atomic E-state index is 12.6. The number of aromatic nitrogens is 2. The standard InChI is InChI=1S/C21H23ClN4O/c22-16-3-1-2-15(11-16)21(12-23)8-6-17(7-9-21)26-20(27)14-4-5-18-19(10-14)25-13-24-18/h1-5,10-11,13,17H,6-9,12,23H2,(H,24,25)(H,26,27)/t17-,21-. The monoisotopic (exact) mass is 382 g/mol. The topological polar surface area (TPSA) is 83.8 Å². The van der Waals surface area contributed by atoms with Crippen molar-refractivity contribution >= 4 is 28.5 Å². The summed E-state index contributed by atoms with van der Waals surface area (Å²) in [6.45, 7) is 0.587. The molecule has 1 heterocycles. The molecule has 6 heteroatoms. The third-order valence-electron chi connectivity index (χ3n) is 5.79. The zero-order chi connectivity index (χ0) is 18.9. The Kier molecular flexibility index (Phi) is 4.89. The first-order valence-corrected chi connectivity index (χ1v) is 9.68. The summed E-state index contributed by atoms with van der Waals surface area (Å²) in [5.74, 6) is -0.0482. The van der Waals surface area contributed by atoms with Crippen LogP contribution >= 0.6 is 11.6 Å². The third-order valence-corrected chi connectivity index (χ3v) is 6.02. The number of benzene rings is 2. The molecule has 1 fully saturated rings. The highest BCUT2D eigenvalue weighted by atomic mass is 35.5. The quantitative estimate of drug-likeness (QED) is 0.642. The van der Waals surface area contributed by atoms with Crippen molar-refractivity contribution in [2.24, 2.45) is 5.73 Å². The maximum Gasteiger partial charge on any atom is 0.251 e. The van der Waals surface area contributed by atoms with E-state index in [4.69, 9.17) is 17.3 Å². The Labute approximate surface area is 163 Å².